The summed E-state index contributed by atoms with van der Waals surface area (Å²) < 4.78 is 13.0. The highest BCUT2D eigenvalue weighted by Crippen LogP contribution is 2.30. The van der Waals surface area contributed by atoms with Gasteiger partial charge in [0.05, 0.1) is 24.4 Å². The number of fused-ring (bicyclic) bond motifs is 1. The summed E-state index contributed by atoms with van der Waals surface area (Å²) in [5, 5.41) is 8.71. The van der Waals surface area contributed by atoms with Gasteiger partial charge in [-0.05, 0) is 11.6 Å². The monoisotopic (exact) mass is 380 g/mol. The molecule has 0 aliphatic carbocycles. The Balaban J connectivity index is 1.51. The van der Waals surface area contributed by atoms with Crippen LogP contribution < -0.4 is 10.1 Å². The summed E-state index contributed by atoms with van der Waals surface area (Å²) in [4.78, 5) is 14.3. The number of anilines is 1. The zero-order chi connectivity index (χ0) is 19.3. The number of nitrogens with zero attached hydrogens (tertiary/aromatic N) is 3. The topological polar surface area (TPSA) is 68.6 Å². The van der Waals surface area contributed by atoms with E-state index < -0.39 is 0 Å². The third-order valence-corrected chi connectivity index (χ3v) is 4.82. The SMILES string of the molecule is CNc1cc2cn(CC(=O)N3CCOCC3)nc2cc1OCc1ccccc1. The van der Waals surface area contributed by atoms with Crippen molar-refractivity contribution in [1.29, 1.82) is 0 Å². The summed E-state index contributed by atoms with van der Waals surface area (Å²) in [5.74, 6) is 0.800. The second-order valence-corrected chi connectivity index (χ2v) is 6.75. The number of amides is 1. The van der Waals surface area contributed by atoms with Crippen LogP contribution in [-0.4, -0.2) is 53.9 Å². The van der Waals surface area contributed by atoms with Crippen molar-refractivity contribution in [2.24, 2.45) is 0 Å². The van der Waals surface area contributed by atoms with Gasteiger partial charge in [0.2, 0.25) is 5.91 Å². The fourth-order valence-electron chi connectivity index (χ4n) is 3.29. The zero-order valence-electron chi connectivity index (χ0n) is 15.9. The average molecular weight is 380 g/mol. The molecule has 0 saturated carbocycles. The van der Waals surface area contributed by atoms with Crippen LogP contribution in [0.2, 0.25) is 0 Å². The van der Waals surface area contributed by atoms with Gasteiger partial charge in [-0.15, -0.1) is 0 Å². The van der Waals surface area contributed by atoms with E-state index in [4.69, 9.17) is 9.47 Å². The van der Waals surface area contributed by atoms with Gasteiger partial charge in [0.25, 0.3) is 0 Å². The van der Waals surface area contributed by atoms with Crippen molar-refractivity contribution in [2.75, 3.05) is 38.7 Å². The highest BCUT2D eigenvalue weighted by atomic mass is 16.5. The Morgan fingerprint density at radius 2 is 2.00 bits per heavy atom. The number of carbonyl (C=O) groups excluding carboxylic acids is 1. The van der Waals surface area contributed by atoms with Crippen LogP contribution in [0.5, 0.6) is 5.75 Å². The number of morpholine rings is 1. The van der Waals surface area contributed by atoms with Gasteiger partial charge in [-0.25, -0.2) is 0 Å². The number of rotatable bonds is 6. The Hall–Kier alpha value is -3.06. The highest BCUT2D eigenvalue weighted by Gasteiger charge is 2.18. The Kier molecular flexibility index (Phi) is 5.43. The van der Waals surface area contributed by atoms with E-state index in [0.29, 0.717) is 32.9 Å². The molecule has 146 valence electrons. The lowest BCUT2D eigenvalue weighted by atomic mass is 10.2. The molecule has 1 aliphatic heterocycles. The molecule has 1 aromatic heterocycles. The Morgan fingerprint density at radius 3 is 2.75 bits per heavy atom. The minimum absolute atomic E-state index is 0.0606. The standard InChI is InChI=1S/C21H24N4O3/c1-22-19-11-17-13-25(14-21(26)24-7-9-27-10-8-24)23-18(17)12-20(19)28-15-16-5-3-2-4-6-16/h2-6,11-13,22H,7-10,14-15H2,1H3. The van der Waals surface area contributed by atoms with E-state index in [-0.39, 0.29) is 12.5 Å². The molecule has 3 aromatic rings. The summed E-state index contributed by atoms with van der Waals surface area (Å²) in [6.07, 6.45) is 1.90. The molecule has 0 unspecified atom stereocenters. The summed E-state index contributed by atoms with van der Waals surface area (Å²) in [6, 6.07) is 14.0. The van der Waals surface area contributed by atoms with Gasteiger partial charge in [0.15, 0.2) is 0 Å². The predicted molar refractivity (Wildman–Crippen MR) is 107 cm³/mol. The van der Waals surface area contributed by atoms with E-state index in [2.05, 4.69) is 10.4 Å². The number of carbonyl (C=O) groups is 1. The van der Waals surface area contributed by atoms with Crippen molar-refractivity contribution in [2.45, 2.75) is 13.2 Å². The van der Waals surface area contributed by atoms with Gasteiger partial charge in [0.1, 0.15) is 18.9 Å². The maximum atomic E-state index is 12.5. The summed E-state index contributed by atoms with van der Waals surface area (Å²) in [6.45, 7) is 3.18. The Bertz CT molecular complexity index is 949. The number of benzene rings is 2. The number of ether oxygens (including phenoxy) is 2. The van der Waals surface area contributed by atoms with E-state index in [1.54, 1.807) is 4.68 Å². The third-order valence-electron chi connectivity index (χ3n) is 4.82. The largest absolute Gasteiger partial charge is 0.487 e. The number of nitrogens with one attached hydrogen (secondary N) is 1. The van der Waals surface area contributed by atoms with Crippen molar-refractivity contribution in [3.63, 3.8) is 0 Å². The van der Waals surface area contributed by atoms with E-state index >= 15 is 0 Å². The minimum Gasteiger partial charge on any atom is -0.487 e. The molecule has 2 heterocycles. The normalized spacial score (nSPS) is 14.2. The molecule has 1 amide bonds. The molecule has 1 N–H and O–H groups in total. The smallest absolute Gasteiger partial charge is 0.244 e. The molecule has 1 saturated heterocycles. The van der Waals surface area contributed by atoms with E-state index in [1.165, 1.54) is 0 Å². The van der Waals surface area contributed by atoms with Crippen molar-refractivity contribution in [3.05, 3.63) is 54.2 Å². The van der Waals surface area contributed by atoms with Crippen molar-refractivity contribution >= 4 is 22.5 Å². The number of hydrogen-bond donors (Lipinski definition) is 1. The molecule has 0 atom stereocenters. The van der Waals surface area contributed by atoms with Crippen molar-refractivity contribution < 1.29 is 14.3 Å². The van der Waals surface area contributed by atoms with Gasteiger partial charge in [0, 0.05) is 37.8 Å². The van der Waals surface area contributed by atoms with Gasteiger partial charge >= 0.3 is 0 Å². The average Bonchev–Trinajstić information content (AvgIpc) is 3.13. The summed E-state index contributed by atoms with van der Waals surface area (Å²) in [7, 11) is 1.86. The molecule has 1 aliphatic rings. The molecule has 7 heteroatoms. The molecular weight excluding hydrogens is 356 g/mol. The van der Waals surface area contributed by atoms with Crippen LogP contribution in [0.3, 0.4) is 0 Å². The third kappa shape index (κ3) is 4.09. The fraction of sp³-hybridized carbons (Fsp3) is 0.333. The van der Waals surface area contributed by atoms with Crippen LogP contribution in [0.25, 0.3) is 10.9 Å². The lowest BCUT2D eigenvalue weighted by Crippen LogP contribution is -2.42. The first-order valence-electron chi connectivity index (χ1n) is 9.44. The lowest BCUT2D eigenvalue weighted by Gasteiger charge is -2.26. The van der Waals surface area contributed by atoms with E-state index in [1.807, 2.05) is 60.6 Å². The first-order valence-corrected chi connectivity index (χ1v) is 9.44. The van der Waals surface area contributed by atoms with E-state index in [0.717, 1.165) is 27.9 Å². The van der Waals surface area contributed by atoms with Gasteiger partial charge in [-0.1, -0.05) is 30.3 Å². The molecule has 0 spiro atoms. The van der Waals surface area contributed by atoms with Gasteiger partial charge in [-0.3, -0.25) is 9.48 Å². The quantitative estimate of drug-likeness (QED) is 0.712. The second kappa shape index (κ2) is 8.31. The predicted octanol–water partition coefficient (Wildman–Crippen LogP) is 2.52. The molecule has 2 aromatic carbocycles. The maximum absolute atomic E-state index is 12.5. The number of aromatic nitrogens is 2. The summed E-state index contributed by atoms with van der Waals surface area (Å²) >= 11 is 0. The molecule has 28 heavy (non-hydrogen) atoms. The van der Waals surface area contributed by atoms with Crippen LogP contribution in [0.15, 0.2) is 48.7 Å². The lowest BCUT2D eigenvalue weighted by molar-refractivity contribution is -0.136. The van der Waals surface area contributed by atoms with Crippen LogP contribution in [0.4, 0.5) is 5.69 Å². The summed E-state index contributed by atoms with van der Waals surface area (Å²) in [5.41, 5.74) is 2.80. The molecule has 7 nitrogen and oxygen atoms in total. The van der Waals surface area contributed by atoms with Crippen LogP contribution in [0, 0.1) is 0 Å². The Labute approximate surface area is 163 Å². The highest BCUT2D eigenvalue weighted by molar-refractivity contribution is 5.86. The fourth-order valence-corrected chi connectivity index (χ4v) is 3.29. The molecule has 0 bridgehead atoms. The van der Waals surface area contributed by atoms with Gasteiger partial charge in [-0.2, -0.15) is 5.10 Å². The van der Waals surface area contributed by atoms with Gasteiger partial charge < -0.3 is 19.7 Å². The molecule has 1 fully saturated rings. The van der Waals surface area contributed by atoms with Crippen LogP contribution in [0.1, 0.15) is 5.56 Å². The first kappa shape index (κ1) is 18.3. The van der Waals surface area contributed by atoms with Crippen molar-refractivity contribution in [3.8, 4) is 5.75 Å². The van der Waals surface area contributed by atoms with Crippen LogP contribution >= 0.6 is 0 Å². The first-order chi connectivity index (χ1) is 13.7. The minimum atomic E-state index is 0.0606. The maximum Gasteiger partial charge on any atom is 0.244 e. The molecule has 0 radical (unpaired) electrons. The van der Waals surface area contributed by atoms with Crippen molar-refractivity contribution in [1.82, 2.24) is 14.7 Å². The Morgan fingerprint density at radius 1 is 1.21 bits per heavy atom. The van der Waals surface area contributed by atoms with Crippen LogP contribution in [-0.2, 0) is 22.7 Å². The number of hydrogen-bond acceptors (Lipinski definition) is 5. The zero-order valence-corrected chi connectivity index (χ0v) is 15.9. The van der Waals surface area contributed by atoms with E-state index in [9.17, 15) is 4.79 Å². The molecule has 4 rings (SSSR count). The second-order valence-electron chi connectivity index (χ2n) is 6.75. The molecular formula is C21H24N4O3.